The Morgan fingerprint density at radius 3 is 2.50 bits per heavy atom. The first-order chi connectivity index (χ1) is 8.67. The van der Waals surface area contributed by atoms with E-state index < -0.39 is 0 Å². The zero-order valence-electron chi connectivity index (χ0n) is 11.3. The molecule has 3 nitrogen and oxygen atoms in total. The highest BCUT2D eigenvalue weighted by atomic mass is 16.5. The van der Waals surface area contributed by atoms with E-state index in [4.69, 9.17) is 9.15 Å². The van der Waals surface area contributed by atoms with Gasteiger partial charge in [-0.1, -0.05) is 18.2 Å². The molecule has 3 heteroatoms. The summed E-state index contributed by atoms with van der Waals surface area (Å²) in [6, 6.07) is 10.1. The van der Waals surface area contributed by atoms with Crippen LogP contribution in [0, 0.1) is 13.8 Å². The average molecular weight is 245 g/mol. The van der Waals surface area contributed by atoms with E-state index in [0.717, 1.165) is 22.8 Å². The molecule has 1 heterocycles. The van der Waals surface area contributed by atoms with Gasteiger partial charge >= 0.3 is 0 Å². The predicted molar refractivity (Wildman–Crippen MR) is 72.1 cm³/mol. The molecule has 0 fully saturated rings. The highest BCUT2D eigenvalue weighted by molar-refractivity contribution is 5.40. The van der Waals surface area contributed by atoms with E-state index in [1.54, 1.807) is 7.11 Å². The fourth-order valence-corrected chi connectivity index (χ4v) is 2.10. The first-order valence-electron chi connectivity index (χ1n) is 6.04. The van der Waals surface area contributed by atoms with Gasteiger partial charge in [-0.3, -0.25) is 0 Å². The van der Waals surface area contributed by atoms with Crippen molar-refractivity contribution in [3.8, 4) is 5.75 Å². The van der Waals surface area contributed by atoms with E-state index in [2.05, 4.69) is 18.3 Å². The second kappa shape index (κ2) is 5.27. The number of rotatable bonds is 4. The summed E-state index contributed by atoms with van der Waals surface area (Å²) in [6.07, 6.45) is 0. The molecule has 18 heavy (non-hydrogen) atoms. The highest BCUT2D eigenvalue weighted by Crippen LogP contribution is 2.31. The summed E-state index contributed by atoms with van der Waals surface area (Å²) in [5, 5.41) is 3.28. The summed E-state index contributed by atoms with van der Waals surface area (Å²) in [7, 11) is 3.61. The van der Waals surface area contributed by atoms with E-state index in [-0.39, 0.29) is 6.04 Å². The van der Waals surface area contributed by atoms with Crippen molar-refractivity contribution in [2.75, 3.05) is 14.2 Å². The van der Waals surface area contributed by atoms with Gasteiger partial charge in [0.05, 0.1) is 13.2 Å². The van der Waals surface area contributed by atoms with Crippen molar-refractivity contribution in [3.05, 3.63) is 53.0 Å². The van der Waals surface area contributed by atoms with Gasteiger partial charge in [0.2, 0.25) is 0 Å². The highest BCUT2D eigenvalue weighted by Gasteiger charge is 2.20. The molecule has 0 spiro atoms. The number of para-hydroxylation sites is 1. The van der Waals surface area contributed by atoms with Gasteiger partial charge in [0, 0.05) is 5.56 Å². The maximum absolute atomic E-state index is 5.80. The topological polar surface area (TPSA) is 34.4 Å². The summed E-state index contributed by atoms with van der Waals surface area (Å²) < 4.78 is 11.2. The van der Waals surface area contributed by atoms with Crippen LogP contribution in [0.25, 0.3) is 0 Å². The summed E-state index contributed by atoms with van der Waals surface area (Å²) in [5.41, 5.74) is 2.25. The van der Waals surface area contributed by atoms with Crippen LogP contribution in [0.1, 0.15) is 28.7 Å². The Morgan fingerprint density at radius 2 is 1.94 bits per heavy atom. The van der Waals surface area contributed by atoms with Crippen LogP contribution in [0.2, 0.25) is 0 Å². The predicted octanol–water partition coefficient (Wildman–Crippen LogP) is 3.21. The van der Waals surface area contributed by atoms with Crippen molar-refractivity contribution in [1.82, 2.24) is 5.32 Å². The molecule has 0 aliphatic carbocycles. The van der Waals surface area contributed by atoms with Crippen LogP contribution in [0.15, 0.2) is 34.7 Å². The molecule has 0 amide bonds. The Morgan fingerprint density at radius 1 is 1.22 bits per heavy atom. The Hall–Kier alpha value is -1.74. The van der Waals surface area contributed by atoms with Gasteiger partial charge in [-0.2, -0.15) is 0 Å². The Labute approximate surface area is 108 Å². The fourth-order valence-electron chi connectivity index (χ4n) is 2.10. The Bertz CT molecular complexity index is 512. The van der Waals surface area contributed by atoms with Crippen LogP contribution in [0.4, 0.5) is 0 Å². The van der Waals surface area contributed by atoms with E-state index in [9.17, 15) is 0 Å². The molecule has 0 aliphatic rings. The minimum atomic E-state index is 0.00792. The number of hydrogen-bond acceptors (Lipinski definition) is 3. The smallest absolute Gasteiger partial charge is 0.126 e. The minimum Gasteiger partial charge on any atom is -0.496 e. The number of aryl methyl sites for hydroxylation is 2. The molecule has 2 aromatic rings. The van der Waals surface area contributed by atoms with Crippen molar-refractivity contribution in [2.45, 2.75) is 19.9 Å². The molecular weight excluding hydrogens is 226 g/mol. The lowest BCUT2D eigenvalue weighted by Gasteiger charge is -2.17. The Kier molecular flexibility index (Phi) is 3.72. The standard InChI is InChI=1S/C15H19NO2/c1-10-9-14(18-11(10)2)15(16-3)12-7-5-6-8-13(12)17-4/h5-9,15-16H,1-4H3. The molecule has 1 N–H and O–H groups in total. The van der Waals surface area contributed by atoms with Crippen molar-refractivity contribution in [3.63, 3.8) is 0 Å². The fraction of sp³-hybridized carbons (Fsp3) is 0.333. The first-order valence-corrected chi connectivity index (χ1v) is 6.04. The van der Waals surface area contributed by atoms with E-state index in [1.165, 1.54) is 5.56 Å². The van der Waals surface area contributed by atoms with Crippen molar-refractivity contribution in [1.29, 1.82) is 0 Å². The molecule has 0 saturated carbocycles. The minimum absolute atomic E-state index is 0.00792. The SMILES string of the molecule is CNC(c1cc(C)c(C)o1)c1ccccc1OC. The Balaban J connectivity index is 2.45. The molecule has 0 aliphatic heterocycles. The maximum atomic E-state index is 5.80. The number of nitrogens with one attached hydrogen (secondary N) is 1. The lowest BCUT2D eigenvalue weighted by molar-refractivity contribution is 0.394. The van der Waals surface area contributed by atoms with Gasteiger partial charge in [-0.15, -0.1) is 0 Å². The third-order valence-corrected chi connectivity index (χ3v) is 3.21. The van der Waals surface area contributed by atoms with E-state index in [0.29, 0.717) is 0 Å². The van der Waals surface area contributed by atoms with Crippen LogP contribution in [0.3, 0.4) is 0 Å². The van der Waals surface area contributed by atoms with Crippen molar-refractivity contribution < 1.29 is 9.15 Å². The second-order valence-corrected chi connectivity index (χ2v) is 4.35. The zero-order chi connectivity index (χ0) is 13.1. The first kappa shape index (κ1) is 12.7. The van der Waals surface area contributed by atoms with Crippen LogP contribution in [0.5, 0.6) is 5.75 Å². The van der Waals surface area contributed by atoms with E-state index in [1.807, 2.05) is 38.2 Å². The monoisotopic (exact) mass is 245 g/mol. The number of methoxy groups -OCH3 is 1. The number of furan rings is 1. The van der Waals surface area contributed by atoms with Crippen molar-refractivity contribution in [2.24, 2.45) is 0 Å². The molecule has 0 bridgehead atoms. The van der Waals surface area contributed by atoms with Gasteiger partial charge in [0.25, 0.3) is 0 Å². The third-order valence-electron chi connectivity index (χ3n) is 3.21. The van der Waals surface area contributed by atoms with Crippen LogP contribution in [-0.2, 0) is 0 Å². The summed E-state index contributed by atoms with van der Waals surface area (Å²) >= 11 is 0. The van der Waals surface area contributed by atoms with Gasteiger partial charge in [-0.05, 0) is 38.6 Å². The molecule has 2 rings (SSSR count). The molecule has 1 aromatic carbocycles. The molecular formula is C15H19NO2. The lowest BCUT2D eigenvalue weighted by atomic mass is 10.0. The quantitative estimate of drug-likeness (QED) is 0.898. The zero-order valence-corrected chi connectivity index (χ0v) is 11.3. The largest absolute Gasteiger partial charge is 0.496 e. The molecule has 1 aromatic heterocycles. The number of hydrogen-bond donors (Lipinski definition) is 1. The van der Waals surface area contributed by atoms with Crippen molar-refractivity contribution >= 4 is 0 Å². The third kappa shape index (κ3) is 2.27. The van der Waals surface area contributed by atoms with E-state index >= 15 is 0 Å². The summed E-state index contributed by atoms with van der Waals surface area (Å²) in [5.74, 6) is 2.74. The second-order valence-electron chi connectivity index (χ2n) is 4.35. The normalized spacial score (nSPS) is 12.4. The molecule has 0 radical (unpaired) electrons. The number of benzene rings is 1. The van der Waals surface area contributed by atoms with Gasteiger partial charge in [-0.25, -0.2) is 0 Å². The molecule has 1 unspecified atom stereocenters. The summed E-state index contributed by atoms with van der Waals surface area (Å²) in [4.78, 5) is 0. The lowest BCUT2D eigenvalue weighted by Crippen LogP contribution is -2.17. The molecule has 1 atom stereocenters. The molecule has 96 valence electrons. The molecule has 0 saturated heterocycles. The van der Waals surface area contributed by atoms with Crippen LogP contribution in [-0.4, -0.2) is 14.2 Å². The van der Waals surface area contributed by atoms with Crippen LogP contribution >= 0.6 is 0 Å². The summed E-state index contributed by atoms with van der Waals surface area (Å²) in [6.45, 7) is 4.03. The van der Waals surface area contributed by atoms with Gasteiger partial charge < -0.3 is 14.5 Å². The average Bonchev–Trinajstić information content (AvgIpc) is 2.71. The van der Waals surface area contributed by atoms with Crippen LogP contribution < -0.4 is 10.1 Å². The maximum Gasteiger partial charge on any atom is 0.126 e. The number of ether oxygens (including phenoxy) is 1. The van der Waals surface area contributed by atoms with Gasteiger partial charge in [0.1, 0.15) is 17.3 Å². The van der Waals surface area contributed by atoms with Gasteiger partial charge in [0.15, 0.2) is 0 Å².